The zero-order valence-corrected chi connectivity index (χ0v) is 20.2. The molecule has 1 aliphatic heterocycles. The lowest BCUT2D eigenvalue weighted by atomic mass is 10.1. The molecule has 0 atom stereocenters. The molecule has 0 N–H and O–H groups in total. The van der Waals surface area contributed by atoms with Gasteiger partial charge in [0.05, 0.1) is 5.38 Å². The molecule has 0 bridgehead atoms. The molecular formula is C28H27ClN2OS. The topological polar surface area (TPSA) is 16.4 Å². The van der Waals surface area contributed by atoms with Crippen molar-refractivity contribution in [2.45, 2.75) is 12.8 Å². The maximum absolute atomic E-state index is 5.91. The van der Waals surface area contributed by atoms with E-state index in [0.717, 1.165) is 11.5 Å². The van der Waals surface area contributed by atoms with Crippen LogP contribution in [0, 0.1) is 0 Å². The second-order valence-electron chi connectivity index (χ2n) is 8.08. The van der Waals surface area contributed by atoms with E-state index in [4.69, 9.17) is 4.74 Å². The first kappa shape index (κ1) is 23.1. The van der Waals surface area contributed by atoms with E-state index >= 15 is 0 Å². The number of nitrogens with zero attached hydrogens (tertiary/aromatic N) is 2. The van der Waals surface area contributed by atoms with Gasteiger partial charge in [-0.1, -0.05) is 41.7 Å². The summed E-state index contributed by atoms with van der Waals surface area (Å²) in [5.74, 6) is 1.69. The van der Waals surface area contributed by atoms with Gasteiger partial charge >= 0.3 is 0 Å². The average Bonchev–Trinajstić information content (AvgIpc) is 3.50. The summed E-state index contributed by atoms with van der Waals surface area (Å²) in [5.41, 5.74) is 4.94. The highest BCUT2D eigenvalue weighted by atomic mass is 35.5. The van der Waals surface area contributed by atoms with Gasteiger partial charge in [0.2, 0.25) is 5.69 Å². The van der Waals surface area contributed by atoms with Crippen LogP contribution in [0.5, 0.6) is 11.5 Å². The Labute approximate surface area is 206 Å². The molecule has 3 nitrogen and oxygen atoms in total. The number of ether oxygens (including phenoxy) is 1. The van der Waals surface area contributed by atoms with Crippen molar-refractivity contribution in [3.05, 3.63) is 94.8 Å². The molecule has 2 heterocycles. The highest BCUT2D eigenvalue weighted by molar-refractivity contribution is 7.10. The van der Waals surface area contributed by atoms with E-state index in [0.29, 0.717) is 0 Å². The third-order valence-electron chi connectivity index (χ3n) is 5.89. The summed E-state index contributed by atoms with van der Waals surface area (Å²) < 4.78 is 8.16. The first-order chi connectivity index (χ1) is 15.8. The van der Waals surface area contributed by atoms with E-state index in [-0.39, 0.29) is 12.4 Å². The van der Waals surface area contributed by atoms with Gasteiger partial charge in [-0.3, -0.25) is 0 Å². The standard InChI is InChI=1S/C28H27N2OS.ClH/c1-29-27(23-12-16-26(17-13-23)31-25-7-3-2-4-8-25)21-32-28(29)18-11-22-9-14-24(15-10-22)30-19-5-6-20-30;/h2-4,7-18,21H,5-6,19-20H2,1H3;1H/q+1;/p-1. The summed E-state index contributed by atoms with van der Waals surface area (Å²) in [6.45, 7) is 2.37. The van der Waals surface area contributed by atoms with Crippen molar-refractivity contribution in [2.75, 3.05) is 18.0 Å². The lowest BCUT2D eigenvalue weighted by Gasteiger charge is -2.17. The summed E-state index contributed by atoms with van der Waals surface area (Å²) in [4.78, 5) is 2.47. The predicted octanol–water partition coefficient (Wildman–Crippen LogP) is 3.81. The number of aromatic nitrogens is 1. The van der Waals surface area contributed by atoms with Crippen molar-refractivity contribution in [2.24, 2.45) is 7.05 Å². The van der Waals surface area contributed by atoms with E-state index in [1.165, 1.54) is 53.4 Å². The molecule has 0 unspecified atom stereocenters. The second-order valence-corrected chi connectivity index (χ2v) is 8.97. The van der Waals surface area contributed by atoms with E-state index in [9.17, 15) is 0 Å². The highest BCUT2D eigenvalue weighted by Gasteiger charge is 2.16. The second kappa shape index (κ2) is 10.7. The number of hydrogen-bond acceptors (Lipinski definition) is 3. The molecule has 3 aromatic carbocycles. The van der Waals surface area contributed by atoms with Crippen LogP contribution in [0.15, 0.2) is 84.2 Å². The van der Waals surface area contributed by atoms with Gasteiger partial charge in [-0.2, -0.15) is 4.57 Å². The van der Waals surface area contributed by atoms with Crippen molar-refractivity contribution >= 4 is 29.2 Å². The number of benzene rings is 3. The lowest BCUT2D eigenvalue weighted by molar-refractivity contribution is -0.657. The fourth-order valence-electron chi connectivity index (χ4n) is 4.06. The zero-order valence-electron chi connectivity index (χ0n) is 18.7. The van der Waals surface area contributed by atoms with Gasteiger partial charge in [0.15, 0.2) is 0 Å². The fourth-order valence-corrected chi connectivity index (χ4v) is 4.99. The molecule has 0 saturated carbocycles. The predicted molar refractivity (Wildman–Crippen MR) is 134 cm³/mol. The molecule has 0 amide bonds. The monoisotopic (exact) mass is 474 g/mol. The Balaban J connectivity index is 0.00000259. The van der Waals surface area contributed by atoms with Crippen LogP contribution >= 0.6 is 11.3 Å². The van der Waals surface area contributed by atoms with Gasteiger partial charge in [0.1, 0.15) is 18.5 Å². The molecule has 1 fully saturated rings. The molecule has 33 heavy (non-hydrogen) atoms. The smallest absolute Gasteiger partial charge is 0.261 e. The Kier molecular flexibility index (Phi) is 7.48. The van der Waals surface area contributed by atoms with Crippen LogP contribution < -0.4 is 26.6 Å². The van der Waals surface area contributed by atoms with Gasteiger partial charge in [-0.15, -0.1) is 0 Å². The van der Waals surface area contributed by atoms with E-state index in [2.05, 4.69) is 70.4 Å². The molecule has 0 spiro atoms. The zero-order chi connectivity index (χ0) is 21.8. The molecule has 1 aromatic heterocycles. The quantitative estimate of drug-likeness (QED) is 0.395. The first-order valence-electron chi connectivity index (χ1n) is 11.1. The SMILES string of the molecule is C[n+]1c(-c2ccc(Oc3ccccc3)cc2)csc1C=Cc1ccc(N2CCCC2)cc1.[Cl-]. The molecule has 5 heteroatoms. The van der Waals surface area contributed by atoms with Crippen LogP contribution in [0.3, 0.4) is 0 Å². The maximum Gasteiger partial charge on any atom is 0.261 e. The largest absolute Gasteiger partial charge is 1.00 e. The Bertz CT molecular complexity index is 1200. The summed E-state index contributed by atoms with van der Waals surface area (Å²) in [5, 5.41) is 3.43. The molecule has 5 rings (SSSR count). The molecule has 0 radical (unpaired) electrons. The molecular weight excluding hydrogens is 448 g/mol. The van der Waals surface area contributed by atoms with Gasteiger partial charge in [0.25, 0.3) is 5.01 Å². The van der Waals surface area contributed by atoms with Crippen LogP contribution in [0.25, 0.3) is 23.4 Å². The Morgan fingerprint density at radius 2 is 1.48 bits per heavy atom. The van der Waals surface area contributed by atoms with Crippen LogP contribution in [-0.2, 0) is 7.05 Å². The van der Waals surface area contributed by atoms with Crippen molar-refractivity contribution in [1.29, 1.82) is 0 Å². The van der Waals surface area contributed by atoms with E-state index < -0.39 is 0 Å². The highest BCUT2D eigenvalue weighted by Crippen LogP contribution is 2.26. The van der Waals surface area contributed by atoms with Gasteiger partial charge in [0, 0.05) is 30.4 Å². The number of rotatable bonds is 6. The molecule has 4 aromatic rings. The fraction of sp³-hybridized carbons (Fsp3) is 0.179. The van der Waals surface area contributed by atoms with Crippen LogP contribution in [0.1, 0.15) is 23.4 Å². The first-order valence-corrected chi connectivity index (χ1v) is 12.0. The Morgan fingerprint density at radius 1 is 0.818 bits per heavy atom. The number of anilines is 1. The third kappa shape index (κ3) is 5.47. The molecule has 0 aliphatic carbocycles. The Hall–Kier alpha value is -3.08. The molecule has 168 valence electrons. The minimum atomic E-state index is 0. The van der Waals surface area contributed by atoms with Crippen molar-refractivity contribution < 1.29 is 21.7 Å². The van der Waals surface area contributed by atoms with Crippen LogP contribution in [0.2, 0.25) is 0 Å². The van der Waals surface area contributed by atoms with Crippen molar-refractivity contribution in [3.63, 3.8) is 0 Å². The van der Waals surface area contributed by atoms with E-state index in [1.54, 1.807) is 11.3 Å². The molecule has 1 saturated heterocycles. The number of halogens is 1. The lowest BCUT2D eigenvalue weighted by Crippen LogP contribution is -3.00. The minimum Gasteiger partial charge on any atom is -1.00 e. The number of hydrogen-bond donors (Lipinski definition) is 0. The van der Waals surface area contributed by atoms with Gasteiger partial charge in [-0.05, 0) is 73.0 Å². The summed E-state index contributed by atoms with van der Waals surface area (Å²) in [7, 11) is 2.12. The Morgan fingerprint density at radius 3 is 2.18 bits per heavy atom. The minimum absolute atomic E-state index is 0. The third-order valence-corrected chi connectivity index (χ3v) is 6.89. The maximum atomic E-state index is 5.91. The number of thiazole rings is 1. The van der Waals surface area contributed by atoms with Crippen LogP contribution in [-0.4, -0.2) is 13.1 Å². The normalized spacial score (nSPS) is 13.3. The van der Waals surface area contributed by atoms with Crippen molar-refractivity contribution in [3.8, 4) is 22.8 Å². The summed E-state index contributed by atoms with van der Waals surface area (Å²) >= 11 is 1.76. The van der Waals surface area contributed by atoms with Crippen LogP contribution in [0.4, 0.5) is 5.69 Å². The van der Waals surface area contributed by atoms with Gasteiger partial charge in [-0.25, -0.2) is 0 Å². The average molecular weight is 475 g/mol. The van der Waals surface area contributed by atoms with Crippen molar-refractivity contribution in [1.82, 2.24) is 0 Å². The summed E-state index contributed by atoms with van der Waals surface area (Å²) in [6.07, 6.45) is 7.01. The van der Waals surface area contributed by atoms with E-state index in [1.807, 2.05) is 42.5 Å². The van der Waals surface area contributed by atoms with Gasteiger partial charge < -0.3 is 22.0 Å². The molecule has 1 aliphatic rings. The number of para-hydroxylation sites is 1. The summed E-state index contributed by atoms with van der Waals surface area (Å²) in [6, 6.07) is 27.1.